The third-order valence-electron chi connectivity index (χ3n) is 1.16. The number of aliphatic hydroxyl groups excluding tert-OH is 1. The zero-order chi connectivity index (χ0) is 7.33. The monoisotopic (exact) mass is 169 g/mol. The maximum atomic E-state index is 8.49. The van der Waals surface area contributed by atoms with Crippen LogP contribution in [0.3, 0.4) is 0 Å². The molecule has 64 valence electrons. The van der Waals surface area contributed by atoms with Crippen molar-refractivity contribution in [2.75, 3.05) is 20.3 Å². The van der Waals surface area contributed by atoms with E-state index in [0.717, 1.165) is 0 Å². The SMILES string of the molecule is COCC(C)(N)CCO.Cl. The van der Waals surface area contributed by atoms with Crippen LogP contribution >= 0.6 is 12.4 Å². The molecule has 0 aliphatic heterocycles. The van der Waals surface area contributed by atoms with Crippen LogP contribution < -0.4 is 5.73 Å². The van der Waals surface area contributed by atoms with E-state index < -0.39 is 0 Å². The molecule has 4 heteroatoms. The highest BCUT2D eigenvalue weighted by atomic mass is 35.5. The third kappa shape index (κ3) is 6.29. The highest BCUT2D eigenvalue weighted by Gasteiger charge is 2.16. The van der Waals surface area contributed by atoms with Gasteiger partial charge < -0.3 is 15.6 Å². The van der Waals surface area contributed by atoms with Gasteiger partial charge in [0.05, 0.1) is 6.61 Å². The molecule has 0 saturated carbocycles. The highest BCUT2D eigenvalue weighted by Crippen LogP contribution is 2.03. The van der Waals surface area contributed by atoms with E-state index in [2.05, 4.69) is 0 Å². The van der Waals surface area contributed by atoms with Gasteiger partial charge in [0.1, 0.15) is 0 Å². The van der Waals surface area contributed by atoms with Gasteiger partial charge in [-0.3, -0.25) is 0 Å². The van der Waals surface area contributed by atoms with E-state index in [1.807, 2.05) is 6.92 Å². The molecule has 0 aromatic carbocycles. The zero-order valence-electron chi connectivity index (χ0n) is 6.46. The second kappa shape index (κ2) is 5.92. The molecule has 0 fully saturated rings. The van der Waals surface area contributed by atoms with Gasteiger partial charge >= 0.3 is 0 Å². The van der Waals surface area contributed by atoms with Crippen LogP contribution in [-0.4, -0.2) is 31.0 Å². The van der Waals surface area contributed by atoms with Crippen LogP contribution in [0.15, 0.2) is 0 Å². The minimum atomic E-state index is -0.372. The van der Waals surface area contributed by atoms with Crippen molar-refractivity contribution in [3.63, 3.8) is 0 Å². The molecule has 0 aromatic heterocycles. The van der Waals surface area contributed by atoms with Gasteiger partial charge in [-0.2, -0.15) is 0 Å². The molecular formula is C6H16ClNO2. The Balaban J connectivity index is 0. The van der Waals surface area contributed by atoms with Crippen LogP contribution in [0.25, 0.3) is 0 Å². The van der Waals surface area contributed by atoms with Crippen molar-refractivity contribution in [2.45, 2.75) is 18.9 Å². The predicted molar refractivity (Wildman–Crippen MR) is 43.4 cm³/mol. The van der Waals surface area contributed by atoms with Crippen LogP contribution in [-0.2, 0) is 4.74 Å². The maximum Gasteiger partial charge on any atom is 0.0640 e. The summed E-state index contributed by atoms with van der Waals surface area (Å²) >= 11 is 0. The minimum Gasteiger partial charge on any atom is -0.396 e. The summed E-state index contributed by atoms with van der Waals surface area (Å²) in [7, 11) is 1.60. The second-order valence-corrected chi connectivity index (χ2v) is 2.56. The lowest BCUT2D eigenvalue weighted by molar-refractivity contribution is 0.121. The van der Waals surface area contributed by atoms with Gasteiger partial charge in [0.15, 0.2) is 0 Å². The van der Waals surface area contributed by atoms with E-state index in [1.165, 1.54) is 0 Å². The van der Waals surface area contributed by atoms with E-state index in [9.17, 15) is 0 Å². The van der Waals surface area contributed by atoms with E-state index >= 15 is 0 Å². The number of nitrogens with two attached hydrogens (primary N) is 1. The van der Waals surface area contributed by atoms with Crippen molar-refractivity contribution in [3.8, 4) is 0 Å². The Morgan fingerprint density at radius 3 is 2.40 bits per heavy atom. The molecular weight excluding hydrogens is 154 g/mol. The molecule has 1 unspecified atom stereocenters. The standard InChI is InChI=1S/C6H15NO2.ClH/c1-6(7,3-4-8)5-9-2;/h8H,3-5,7H2,1-2H3;1H. The summed E-state index contributed by atoms with van der Waals surface area (Å²) in [6, 6.07) is 0. The van der Waals surface area contributed by atoms with Crippen molar-refractivity contribution in [1.29, 1.82) is 0 Å². The Hall–Kier alpha value is 0.170. The van der Waals surface area contributed by atoms with E-state index in [-0.39, 0.29) is 24.6 Å². The summed E-state index contributed by atoms with van der Waals surface area (Å²) in [5.74, 6) is 0. The molecule has 0 aromatic rings. The normalized spacial score (nSPS) is 15.6. The summed E-state index contributed by atoms with van der Waals surface area (Å²) in [6.45, 7) is 2.47. The number of hydrogen-bond acceptors (Lipinski definition) is 3. The molecule has 3 nitrogen and oxygen atoms in total. The van der Waals surface area contributed by atoms with Crippen LogP contribution in [0.1, 0.15) is 13.3 Å². The molecule has 0 amide bonds. The van der Waals surface area contributed by atoms with E-state index in [4.69, 9.17) is 15.6 Å². The first-order chi connectivity index (χ1) is 4.12. The van der Waals surface area contributed by atoms with Crippen molar-refractivity contribution in [3.05, 3.63) is 0 Å². The molecule has 0 bridgehead atoms. The van der Waals surface area contributed by atoms with E-state index in [1.54, 1.807) is 7.11 Å². The summed E-state index contributed by atoms with van der Waals surface area (Å²) in [5.41, 5.74) is 5.28. The van der Waals surface area contributed by atoms with Crippen LogP contribution in [0.4, 0.5) is 0 Å². The zero-order valence-corrected chi connectivity index (χ0v) is 7.28. The fourth-order valence-electron chi connectivity index (χ4n) is 0.657. The molecule has 0 saturated heterocycles. The molecule has 0 aliphatic carbocycles. The Labute approximate surface area is 68.0 Å². The van der Waals surface area contributed by atoms with Crippen LogP contribution in [0, 0.1) is 0 Å². The lowest BCUT2D eigenvalue weighted by atomic mass is 10.0. The summed E-state index contributed by atoms with van der Waals surface area (Å²) in [6.07, 6.45) is 0.584. The largest absolute Gasteiger partial charge is 0.396 e. The Kier molecular flexibility index (Phi) is 7.58. The fraction of sp³-hybridized carbons (Fsp3) is 1.00. The number of hydrogen-bond donors (Lipinski definition) is 2. The lowest BCUT2D eigenvalue weighted by Gasteiger charge is -2.21. The molecule has 10 heavy (non-hydrogen) atoms. The first-order valence-electron chi connectivity index (χ1n) is 3.01. The minimum absolute atomic E-state index is 0. The molecule has 1 atom stereocenters. The Morgan fingerprint density at radius 1 is 1.60 bits per heavy atom. The van der Waals surface area contributed by atoms with Crippen LogP contribution in [0.2, 0.25) is 0 Å². The van der Waals surface area contributed by atoms with Crippen molar-refractivity contribution >= 4 is 12.4 Å². The van der Waals surface area contributed by atoms with Crippen molar-refractivity contribution < 1.29 is 9.84 Å². The maximum absolute atomic E-state index is 8.49. The summed E-state index contributed by atoms with van der Waals surface area (Å²) in [5, 5.41) is 8.49. The molecule has 0 radical (unpaired) electrons. The van der Waals surface area contributed by atoms with Gasteiger partial charge in [-0.25, -0.2) is 0 Å². The number of methoxy groups -OCH3 is 1. The third-order valence-corrected chi connectivity index (χ3v) is 1.16. The number of aliphatic hydroxyl groups is 1. The Morgan fingerprint density at radius 2 is 2.10 bits per heavy atom. The average Bonchev–Trinajstić information content (AvgIpc) is 1.64. The molecule has 0 aliphatic rings. The quantitative estimate of drug-likeness (QED) is 0.630. The first kappa shape index (κ1) is 12.8. The number of rotatable bonds is 4. The van der Waals surface area contributed by atoms with Gasteiger partial charge in [-0.15, -0.1) is 12.4 Å². The fourth-order valence-corrected chi connectivity index (χ4v) is 0.657. The molecule has 3 N–H and O–H groups in total. The summed E-state index contributed by atoms with van der Waals surface area (Å²) < 4.78 is 4.82. The van der Waals surface area contributed by atoms with Gasteiger partial charge in [0.25, 0.3) is 0 Å². The summed E-state index contributed by atoms with van der Waals surface area (Å²) in [4.78, 5) is 0. The molecule has 0 rings (SSSR count). The van der Waals surface area contributed by atoms with Gasteiger partial charge in [0, 0.05) is 19.3 Å². The second-order valence-electron chi connectivity index (χ2n) is 2.56. The van der Waals surface area contributed by atoms with Gasteiger partial charge in [0.2, 0.25) is 0 Å². The Bertz CT molecular complexity index is 70.1. The first-order valence-corrected chi connectivity index (χ1v) is 3.01. The smallest absolute Gasteiger partial charge is 0.0640 e. The van der Waals surface area contributed by atoms with Gasteiger partial charge in [-0.05, 0) is 13.3 Å². The topological polar surface area (TPSA) is 55.5 Å². The molecule has 0 spiro atoms. The average molecular weight is 170 g/mol. The number of halogens is 1. The van der Waals surface area contributed by atoms with Gasteiger partial charge in [-0.1, -0.05) is 0 Å². The highest BCUT2D eigenvalue weighted by molar-refractivity contribution is 5.85. The predicted octanol–water partition coefficient (Wildman–Crippen LogP) is 0.154. The molecule has 0 heterocycles. The van der Waals surface area contributed by atoms with Crippen LogP contribution in [0.5, 0.6) is 0 Å². The van der Waals surface area contributed by atoms with Crippen molar-refractivity contribution in [1.82, 2.24) is 0 Å². The lowest BCUT2D eigenvalue weighted by Crippen LogP contribution is -2.41. The van der Waals surface area contributed by atoms with E-state index in [0.29, 0.717) is 13.0 Å². The van der Waals surface area contributed by atoms with Crippen molar-refractivity contribution in [2.24, 2.45) is 5.73 Å². The number of ether oxygens (including phenoxy) is 1.